The molecule has 88 valence electrons. The molecule has 0 aliphatic rings. The van der Waals surface area contributed by atoms with E-state index in [4.69, 9.17) is 4.74 Å². The van der Waals surface area contributed by atoms with Crippen molar-refractivity contribution in [1.29, 1.82) is 0 Å². The molecule has 0 aliphatic heterocycles. The maximum Gasteiger partial charge on any atom is 0.127 e. The summed E-state index contributed by atoms with van der Waals surface area (Å²) in [5, 5.41) is 0.871. The normalized spacial score (nSPS) is 10.2. The van der Waals surface area contributed by atoms with Crippen LogP contribution in [0.15, 0.2) is 53.4 Å². The van der Waals surface area contributed by atoms with E-state index >= 15 is 0 Å². The van der Waals surface area contributed by atoms with Gasteiger partial charge in [0.05, 0.1) is 0 Å². The predicted octanol–water partition coefficient (Wildman–Crippen LogP) is 5.10. The van der Waals surface area contributed by atoms with E-state index in [9.17, 15) is 0 Å². The van der Waals surface area contributed by atoms with Gasteiger partial charge in [0.15, 0.2) is 0 Å². The molecule has 2 aromatic rings. The first-order chi connectivity index (χ1) is 8.31. The topological polar surface area (TPSA) is 9.23 Å². The van der Waals surface area contributed by atoms with Crippen LogP contribution in [0.5, 0.6) is 11.5 Å². The Morgan fingerprint density at radius 2 is 1.47 bits per heavy atom. The predicted molar refractivity (Wildman–Crippen MR) is 77.4 cm³/mol. The van der Waals surface area contributed by atoms with E-state index in [1.54, 1.807) is 11.8 Å². The van der Waals surface area contributed by atoms with Gasteiger partial charge >= 0.3 is 0 Å². The standard InChI is InChI=1S/C14H13BrOS/c1-17-14-8-6-13(7-9-14)16-12-4-2-11(10-15)3-5-12/h2-9H,10H2,1H3. The monoisotopic (exact) mass is 308 g/mol. The SMILES string of the molecule is CSc1ccc(Oc2ccc(CBr)cc2)cc1. The highest BCUT2D eigenvalue weighted by molar-refractivity contribution is 9.08. The molecule has 0 saturated carbocycles. The van der Waals surface area contributed by atoms with Gasteiger partial charge in [0.1, 0.15) is 11.5 Å². The molecule has 0 aromatic heterocycles. The molecule has 0 bridgehead atoms. The second-order valence-electron chi connectivity index (χ2n) is 3.56. The van der Waals surface area contributed by atoms with Crippen molar-refractivity contribution >= 4 is 27.7 Å². The number of rotatable bonds is 4. The van der Waals surface area contributed by atoms with Gasteiger partial charge in [-0.1, -0.05) is 28.1 Å². The van der Waals surface area contributed by atoms with Gasteiger partial charge in [-0.25, -0.2) is 0 Å². The van der Waals surface area contributed by atoms with Crippen LogP contribution < -0.4 is 4.74 Å². The molecule has 0 fully saturated rings. The lowest BCUT2D eigenvalue weighted by molar-refractivity contribution is 0.482. The van der Waals surface area contributed by atoms with Crippen LogP contribution in [0.2, 0.25) is 0 Å². The van der Waals surface area contributed by atoms with E-state index in [1.165, 1.54) is 10.5 Å². The molecular weight excluding hydrogens is 296 g/mol. The van der Waals surface area contributed by atoms with Gasteiger partial charge < -0.3 is 4.74 Å². The zero-order chi connectivity index (χ0) is 12.1. The fraction of sp³-hybridized carbons (Fsp3) is 0.143. The Kier molecular flexibility index (Phi) is 4.51. The summed E-state index contributed by atoms with van der Waals surface area (Å²) in [7, 11) is 0. The lowest BCUT2D eigenvalue weighted by atomic mass is 10.2. The second kappa shape index (κ2) is 6.12. The maximum atomic E-state index is 5.75. The Balaban J connectivity index is 2.08. The molecule has 0 heterocycles. The molecule has 1 nitrogen and oxygen atoms in total. The van der Waals surface area contributed by atoms with Gasteiger partial charge in [-0.3, -0.25) is 0 Å². The van der Waals surface area contributed by atoms with Crippen LogP contribution >= 0.6 is 27.7 Å². The van der Waals surface area contributed by atoms with E-state index in [1.807, 2.05) is 24.3 Å². The summed E-state index contributed by atoms with van der Waals surface area (Å²) in [5.74, 6) is 1.74. The highest BCUT2D eigenvalue weighted by Gasteiger charge is 1.98. The molecular formula is C14H13BrOS. The van der Waals surface area contributed by atoms with E-state index in [-0.39, 0.29) is 0 Å². The highest BCUT2D eigenvalue weighted by Crippen LogP contribution is 2.24. The molecule has 2 aromatic carbocycles. The van der Waals surface area contributed by atoms with Crippen LogP contribution in [-0.4, -0.2) is 6.26 Å². The Hall–Kier alpha value is -0.930. The van der Waals surface area contributed by atoms with Gasteiger partial charge in [0.2, 0.25) is 0 Å². The largest absolute Gasteiger partial charge is 0.457 e. The molecule has 0 amide bonds. The van der Waals surface area contributed by atoms with Crippen LogP contribution in [0.25, 0.3) is 0 Å². The first kappa shape index (κ1) is 12.5. The lowest BCUT2D eigenvalue weighted by Gasteiger charge is -2.06. The van der Waals surface area contributed by atoms with Crippen molar-refractivity contribution in [1.82, 2.24) is 0 Å². The molecule has 0 atom stereocenters. The van der Waals surface area contributed by atoms with Crippen molar-refractivity contribution < 1.29 is 4.74 Å². The van der Waals surface area contributed by atoms with Crippen LogP contribution in [0.3, 0.4) is 0 Å². The zero-order valence-electron chi connectivity index (χ0n) is 9.52. The Labute approximate surface area is 114 Å². The minimum atomic E-state index is 0.867. The van der Waals surface area contributed by atoms with Crippen LogP contribution in [-0.2, 0) is 5.33 Å². The van der Waals surface area contributed by atoms with E-state index in [0.717, 1.165) is 16.8 Å². The van der Waals surface area contributed by atoms with Crippen molar-refractivity contribution in [2.45, 2.75) is 10.2 Å². The quantitative estimate of drug-likeness (QED) is 0.574. The maximum absolute atomic E-state index is 5.75. The van der Waals surface area contributed by atoms with Crippen LogP contribution in [0, 0.1) is 0 Å². The van der Waals surface area contributed by atoms with E-state index < -0.39 is 0 Å². The highest BCUT2D eigenvalue weighted by atomic mass is 79.9. The summed E-state index contributed by atoms with van der Waals surface area (Å²) in [4.78, 5) is 1.24. The van der Waals surface area contributed by atoms with Gasteiger partial charge in [-0.05, 0) is 48.2 Å². The molecule has 17 heavy (non-hydrogen) atoms. The zero-order valence-corrected chi connectivity index (χ0v) is 11.9. The third kappa shape index (κ3) is 3.51. The minimum absolute atomic E-state index is 0.867. The third-order valence-electron chi connectivity index (χ3n) is 2.37. The third-order valence-corrected chi connectivity index (χ3v) is 3.76. The first-order valence-corrected chi connectivity index (χ1v) is 7.63. The summed E-state index contributed by atoms with van der Waals surface area (Å²) < 4.78 is 5.75. The summed E-state index contributed by atoms with van der Waals surface area (Å²) in [6, 6.07) is 16.2. The molecule has 2 rings (SSSR count). The number of halogens is 1. The van der Waals surface area contributed by atoms with Crippen LogP contribution in [0.4, 0.5) is 0 Å². The van der Waals surface area contributed by atoms with Crippen molar-refractivity contribution in [2.24, 2.45) is 0 Å². The van der Waals surface area contributed by atoms with E-state index in [2.05, 4.69) is 46.5 Å². The smallest absolute Gasteiger partial charge is 0.127 e. The summed E-state index contributed by atoms with van der Waals surface area (Å²) in [5.41, 5.74) is 1.25. The lowest BCUT2D eigenvalue weighted by Crippen LogP contribution is -1.84. The number of alkyl halides is 1. The number of benzene rings is 2. The number of ether oxygens (including phenoxy) is 1. The minimum Gasteiger partial charge on any atom is -0.457 e. The average molecular weight is 309 g/mol. The first-order valence-electron chi connectivity index (χ1n) is 5.28. The summed E-state index contributed by atoms with van der Waals surface area (Å²) >= 11 is 5.15. The van der Waals surface area contributed by atoms with Crippen molar-refractivity contribution in [3.8, 4) is 11.5 Å². The summed E-state index contributed by atoms with van der Waals surface area (Å²) in [6.07, 6.45) is 2.06. The van der Waals surface area contributed by atoms with Gasteiger partial charge in [0, 0.05) is 10.2 Å². The van der Waals surface area contributed by atoms with Gasteiger partial charge in [0.25, 0.3) is 0 Å². The number of hydrogen-bond donors (Lipinski definition) is 0. The molecule has 0 radical (unpaired) electrons. The Bertz CT molecular complexity index is 419. The van der Waals surface area contributed by atoms with E-state index in [0.29, 0.717) is 0 Å². The number of hydrogen-bond acceptors (Lipinski definition) is 2. The van der Waals surface area contributed by atoms with Gasteiger partial charge in [-0.15, -0.1) is 11.8 Å². The fourth-order valence-corrected chi connectivity index (χ4v) is 2.21. The summed E-state index contributed by atoms with van der Waals surface area (Å²) in [6.45, 7) is 0. The van der Waals surface area contributed by atoms with Crippen molar-refractivity contribution in [3.63, 3.8) is 0 Å². The molecule has 3 heteroatoms. The Morgan fingerprint density at radius 1 is 0.941 bits per heavy atom. The molecule has 0 spiro atoms. The van der Waals surface area contributed by atoms with Crippen molar-refractivity contribution in [3.05, 3.63) is 54.1 Å². The Morgan fingerprint density at radius 3 is 1.94 bits per heavy atom. The molecule has 0 aliphatic carbocycles. The van der Waals surface area contributed by atoms with Gasteiger partial charge in [-0.2, -0.15) is 0 Å². The fourth-order valence-electron chi connectivity index (χ4n) is 1.43. The average Bonchev–Trinajstić information content (AvgIpc) is 2.40. The molecule has 0 unspecified atom stereocenters. The second-order valence-corrected chi connectivity index (χ2v) is 5.00. The number of thioether (sulfide) groups is 1. The molecule has 0 saturated heterocycles. The molecule has 0 N–H and O–H groups in total. The van der Waals surface area contributed by atoms with Crippen LogP contribution in [0.1, 0.15) is 5.56 Å². The van der Waals surface area contributed by atoms with Crippen molar-refractivity contribution in [2.75, 3.05) is 6.26 Å².